The van der Waals surface area contributed by atoms with Crippen LogP contribution in [0, 0.1) is 0 Å². The summed E-state index contributed by atoms with van der Waals surface area (Å²) in [6.45, 7) is 0.886. The molecule has 0 saturated carbocycles. The molecule has 12 heavy (non-hydrogen) atoms. The number of hydrogen-bond acceptors (Lipinski definition) is 2. The molecule has 0 aromatic carbocycles. The van der Waals surface area contributed by atoms with E-state index in [-0.39, 0.29) is 0 Å². The molecule has 0 bridgehead atoms. The van der Waals surface area contributed by atoms with Crippen LogP contribution in [0.2, 0.25) is 0 Å². The summed E-state index contributed by atoms with van der Waals surface area (Å²) in [5.74, 6) is 0. The van der Waals surface area contributed by atoms with Crippen LogP contribution in [0.4, 0.5) is 0 Å². The molecule has 1 unspecified atom stereocenters. The molecule has 1 heterocycles. The molecule has 2 nitrogen and oxygen atoms in total. The van der Waals surface area contributed by atoms with Gasteiger partial charge in [-0.3, -0.25) is 5.32 Å². The molecule has 1 saturated heterocycles. The van der Waals surface area contributed by atoms with Crippen molar-refractivity contribution in [3.63, 3.8) is 0 Å². The van der Waals surface area contributed by atoms with Crippen LogP contribution in [-0.2, 0) is 0 Å². The Balaban J connectivity index is 2.08. The molecule has 60 valence electrons. The van der Waals surface area contributed by atoms with Gasteiger partial charge in [-0.25, -0.2) is 0 Å². The monoisotopic (exact) mass is 158 g/mol. The van der Waals surface area contributed by atoms with Gasteiger partial charge in [0.25, 0.3) is 0 Å². The van der Waals surface area contributed by atoms with Crippen LogP contribution in [0.15, 0.2) is 47.2 Å². The topological polar surface area (TPSA) is 24.1 Å². The first-order valence-electron chi connectivity index (χ1n) is 4.23. The number of allylic oxidation sites excluding steroid dienone is 6. The largest absolute Gasteiger partial charge is 0.374 e. The van der Waals surface area contributed by atoms with Gasteiger partial charge >= 0.3 is 0 Å². The van der Waals surface area contributed by atoms with Gasteiger partial charge in [0.1, 0.15) is 0 Å². The average molecular weight is 158 g/mol. The molecule has 0 aromatic rings. The first-order valence-corrected chi connectivity index (χ1v) is 4.23. The zero-order valence-electron chi connectivity index (χ0n) is 6.67. The highest BCUT2D eigenvalue weighted by Crippen LogP contribution is 2.27. The van der Waals surface area contributed by atoms with Crippen molar-refractivity contribution in [2.75, 3.05) is 6.67 Å². The predicted octanol–water partition coefficient (Wildman–Crippen LogP) is 0.825. The van der Waals surface area contributed by atoms with Crippen LogP contribution in [0.3, 0.4) is 0 Å². The van der Waals surface area contributed by atoms with E-state index in [9.17, 15) is 0 Å². The Morgan fingerprint density at radius 3 is 3.33 bits per heavy atom. The van der Waals surface area contributed by atoms with Crippen molar-refractivity contribution in [3.05, 3.63) is 47.2 Å². The van der Waals surface area contributed by atoms with Crippen molar-refractivity contribution in [2.24, 2.45) is 0 Å². The fraction of sp³-hybridized carbons (Fsp3) is 0.200. The summed E-state index contributed by atoms with van der Waals surface area (Å²) in [5.41, 5.74) is 3.98. The summed E-state index contributed by atoms with van der Waals surface area (Å²) in [6.07, 6.45) is 10.9. The Morgan fingerprint density at radius 2 is 2.33 bits per heavy atom. The molecule has 2 aliphatic carbocycles. The van der Waals surface area contributed by atoms with Crippen LogP contribution < -0.4 is 10.6 Å². The second-order valence-corrected chi connectivity index (χ2v) is 3.24. The number of fused-ring (bicyclic) bond motifs is 2. The summed E-state index contributed by atoms with van der Waals surface area (Å²) in [6, 6.07) is 0.417. The van der Waals surface area contributed by atoms with Crippen molar-refractivity contribution < 1.29 is 0 Å². The summed E-state index contributed by atoms with van der Waals surface area (Å²) < 4.78 is 0. The van der Waals surface area contributed by atoms with E-state index in [4.69, 9.17) is 0 Å². The second-order valence-electron chi connectivity index (χ2n) is 3.24. The van der Waals surface area contributed by atoms with E-state index < -0.39 is 0 Å². The Kier molecular flexibility index (Phi) is 1.10. The van der Waals surface area contributed by atoms with Gasteiger partial charge in [0.05, 0.1) is 12.7 Å². The summed E-state index contributed by atoms with van der Waals surface area (Å²) in [7, 11) is 0. The van der Waals surface area contributed by atoms with E-state index in [0.29, 0.717) is 6.04 Å². The fourth-order valence-corrected chi connectivity index (χ4v) is 1.85. The Hall–Kier alpha value is -1.28. The van der Waals surface area contributed by atoms with Gasteiger partial charge in [-0.15, -0.1) is 0 Å². The minimum absolute atomic E-state index is 0.417. The van der Waals surface area contributed by atoms with Gasteiger partial charge in [-0.2, -0.15) is 0 Å². The van der Waals surface area contributed by atoms with E-state index in [0.717, 1.165) is 6.67 Å². The molecule has 3 aliphatic rings. The van der Waals surface area contributed by atoms with Crippen molar-refractivity contribution in [3.8, 4) is 0 Å². The minimum Gasteiger partial charge on any atom is -0.374 e. The molecule has 0 radical (unpaired) electrons. The molecular formula is C10H10N2. The van der Waals surface area contributed by atoms with Gasteiger partial charge < -0.3 is 5.32 Å². The molecular weight excluding hydrogens is 148 g/mol. The maximum absolute atomic E-state index is 3.35. The maximum atomic E-state index is 3.35. The molecule has 2 N–H and O–H groups in total. The van der Waals surface area contributed by atoms with Crippen LogP contribution >= 0.6 is 0 Å². The Labute approximate surface area is 71.3 Å². The van der Waals surface area contributed by atoms with E-state index >= 15 is 0 Å². The number of hydrogen-bond donors (Lipinski definition) is 2. The Bertz CT molecular complexity index is 345. The van der Waals surface area contributed by atoms with E-state index in [1.165, 1.54) is 16.8 Å². The van der Waals surface area contributed by atoms with Gasteiger partial charge in [0.2, 0.25) is 0 Å². The molecule has 0 spiro atoms. The van der Waals surface area contributed by atoms with E-state index in [1.807, 2.05) is 0 Å². The molecule has 1 fully saturated rings. The smallest absolute Gasteiger partial charge is 0.0678 e. The summed E-state index contributed by atoms with van der Waals surface area (Å²) >= 11 is 0. The zero-order chi connectivity index (χ0) is 7.97. The van der Waals surface area contributed by atoms with Crippen LogP contribution in [0.5, 0.6) is 0 Å². The van der Waals surface area contributed by atoms with Gasteiger partial charge in [0.15, 0.2) is 0 Å². The first-order chi connectivity index (χ1) is 5.93. The van der Waals surface area contributed by atoms with Gasteiger partial charge in [0, 0.05) is 5.70 Å². The van der Waals surface area contributed by atoms with Crippen molar-refractivity contribution in [2.45, 2.75) is 6.04 Å². The average Bonchev–Trinajstić information content (AvgIpc) is 2.64. The number of nitrogens with one attached hydrogen (secondary N) is 2. The lowest BCUT2D eigenvalue weighted by Gasteiger charge is -2.14. The van der Waals surface area contributed by atoms with Crippen LogP contribution in [0.1, 0.15) is 0 Å². The maximum Gasteiger partial charge on any atom is 0.0678 e. The first kappa shape index (κ1) is 6.26. The lowest BCUT2D eigenvalue weighted by Crippen LogP contribution is -2.22. The SMILES string of the molecule is C1=CC2=CC3NCNC3=CC2=C1. The number of rotatable bonds is 0. The standard InChI is InChI=1S/C10H10N2/c1-2-7-4-9-10(12-6-11-9)5-8(7)3-1/h1-5,9,11-12H,6H2. The quantitative estimate of drug-likeness (QED) is 0.545. The highest BCUT2D eigenvalue weighted by atomic mass is 15.2. The highest BCUT2D eigenvalue weighted by molar-refractivity contribution is 5.59. The molecule has 1 aliphatic heterocycles. The van der Waals surface area contributed by atoms with Crippen LogP contribution in [0.25, 0.3) is 0 Å². The third-order valence-electron chi connectivity index (χ3n) is 2.49. The molecule has 3 rings (SSSR count). The third kappa shape index (κ3) is 0.728. The fourth-order valence-electron chi connectivity index (χ4n) is 1.85. The van der Waals surface area contributed by atoms with Crippen molar-refractivity contribution in [1.82, 2.24) is 10.6 Å². The lowest BCUT2D eigenvalue weighted by molar-refractivity contribution is 0.755. The summed E-state index contributed by atoms with van der Waals surface area (Å²) in [4.78, 5) is 0. The molecule has 1 atom stereocenters. The van der Waals surface area contributed by atoms with Crippen LogP contribution in [-0.4, -0.2) is 12.7 Å². The zero-order valence-corrected chi connectivity index (χ0v) is 6.67. The molecule has 0 aromatic heterocycles. The lowest BCUT2D eigenvalue weighted by atomic mass is 9.98. The van der Waals surface area contributed by atoms with Crippen molar-refractivity contribution >= 4 is 0 Å². The van der Waals surface area contributed by atoms with Gasteiger partial charge in [-0.1, -0.05) is 24.3 Å². The normalized spacial score (nSPS) is 30.0. The minimum atomic E-state index is 0.417. The predicted molar refractivity (Wildman–Crippen MR) is 48.3 cm³/mol. The third-order valence-corrected chi connectivity index (χ3v) is 2.49. The molecule has 0 amide bonds. The van der Waals surface area contributed by atoms with E-state index in [1.54, 1.807) is 0 Å². The van der Waals surface area contributed by atoms with E-state index in [2.05, 4.69) is 41.0 Å². The van der Waals surface area contributed by atoms with Crippen molar-refractivity contribution in [1.29, 1.82) is 0 Å². The Morgan fingerprint density at radius 1 is 1.33 bits per heavy atom. The summed E-state index contributed by atoms with van der Waals surface area (Å²) in [5, 5.41) is 6.66. The second kappa shape index (κ2) is 2.11. The van der Waals surface area contributed by atoms with Gasteiger partial charge in [-0.05, 0) is 17.2 Å². The highest BCUT2D eigenvalue weighted by Gasteiger charge is 2.23. The molecule has 2 heteroatoms.